The van der Waals surface area contributed by atoms with Crippen molar-refractivity contribution in [2.45, 2.75) is 6.92 Å². The second-order valence-electron chi connectivity index (χ2n) is 6.36. The Kier molecular flexibility index (Phi) is 4.73. The fraction of sp³-hybridized carbons (Fsp3) is 0.0435. The lowest BCUT2D eigenvalue weighted by molar-refractivity contribution is -0.113. The number of carbonyl (C=O) groups excluding carboxylic acids is 1. The zero-order chi connectivity index (χ0) is 18.8. The molecule has 3 aromatic rings. The van der Waals surface area contributed by atoms with Gasteiger partial charge in [0.15, 0.2) is 0 Å². The van der Waals surface area contributed by atoms with E-state index in [0.717, 1.165) is 26.9 Å². The number of hydrogen-bond acceptors (Lipinski definition) is 2. The molecule has 1 aliphatic rings. The van der Waals surface area contributed by atoms with Crippen LogP contribution in [0, 0.1) is 6.92 Å². The topological polar surface area (TPSA) is 32.7 Å². The number of amides is 1. The predicted molar refractivity (Wildman–Crippen MR) is 114 cm³/mol. The van der Waals surface area contributed by atoms with Gasteiger partial charge >= 0.3 is 0 Å². The summed E-state index contributed by atoms with van der Waals surface area (Å²) in [6.07, 6.45) is 1.83. The molecule has 3 aromatic carbocycles. The van der Waals surface area contributed by atoms with Crippen LogP contribution in [0.2, 0.25) is 0 Å². The van der Waals surface area contributed by atoms with Crippen LogP contribution >= 0.6 is 15.9 Å². The van der Waals surface area contributed by atoms with Crippen molar-refractivity contribution in [1.29, 1.82) is 0 Å². The van der Waals surface area contributed by atoms with E-state index in [1.54, 1.807) is 4.90 Å². The Morgan fingerprint density at radius 1 is 0.889 bits per heavy atom. The van der Waals surface area contributed by atoms with E-state index in [4.69, 9.17) is 0 Å². The summed E-state index contributed by atoms with van der Waals surface area (Å²) in [4.78, 5) is 19.5. The molecule has 1 heterocycles. The molecule has 27 heavy (non-hydrogen) atoms. The molecule has 1 aliphatic heterocycles. The molecule has 0 saturated carbocycles. The standard InChI is InChI=1S/C23H17BrN2O/c1-16-7-13-20(14-8-16)26-22(18-5-3-2-4-6-18)25-21(23(26)27)15-17-9-11-19(24)12-10-17/h2-15H,1H3/b21-15+. The second-order valence-corrected chi connectivity index (χ2v) is 7.27. The van der Waals surface area contributed by atoms with Crippen LogP contribution in [0.1, 0.15) is 16.7 Å². The molecule has 0 N–H and O–H groups in total. The van der Waals surface area contributed by atoms with Gasteiger partial charge in [0.2, 0.25) is 0 Å². The van der Waals surface area contributed by atoms with E-state index in [-0.39, 0.29) is 5.91 Å². The lowest BCUT2D eigenvalue weighted by atomic mass is 10.1. The number of halogens is 1. The summed E-state index contributed by atoms with van der Waals surface area (Å²) in [5.41, 5.74) is 4.23. The van der Waals surface area contributed by atoms with Gasteiger partial charge in [-0.1, -0.05) is 76.1 Å². The molecule has 3 nitrogen and oxygen atoms in total. The first-order valence-corrected chi connectivity index (χ1v) is 9.43. The number of carbonyl (C=O) groups is 1. The van der Waals surface area contributed by atoms with Crippen LogP contribution in [0.5, 0.6) is 0 Å². The van der Waals surface area contributed by atoms with Crippen molar-refractivity contribution in [1.82, 2.24) is 0 Å². The minimum Gasteiger partial charge on any atom is -0.266 e. The Morgan fingerprint density at radius 2 is 1.56 bits per heavy atom. The summed E-state index contributed by atoms with van der Waals surface area (Å²) in [5.74, 6) is 0.522. The fourth-order valence-corrected chi connectivity index (χ4v) is 3.21. The third-order valence-corrected chi connectivity index (χ3v) is 4.89. The van der Waals surface area contributed by atoms with Gasteiger partial charge < -0.3 is 0 Å². The molecular weight excluding hydrogens is 400 g/mol. The molecule has 0 fully saturated rings. The Morgan fingerprint density at radius 3 is 2.22 bits per heavy atom. The second kappa shape index (κ2) is 7.33. The maximum Gasteiger partial charge on any atom is 0.282 e. The molecule has 4 heteroatoms. The van der Waals surface area contributed by atoms with Gasteiger partial charge in [0.1, 0.15) is 11.5 Å². The maximum atomic E-state index is 13.2. The maximum absolute atomic E-state index is 13.2. The summed E-state index contributed by atoms with van der Waals surface area (Å²) >= 11 is 3.43. The Hall–Kier alpha value is -2.98. The van der Waals surface area contributed by atoms with Crippen molar-refractivity contribution in [3.8, 4) is 0 Å². The van der Waals surface area contributed by atoms with Crippen LogP contribution in [0.15, 0.2) is 94.0 Å². The Balaban J connectivity index is 1.80. The van der Waals surface area contributed by atoms with Crippen molar-refractivity contribution < 1.29 is 4.79 Å². The summed E-state index contributed by atoms with van der Waals surface area (Å²) in [6, 6.07) is 25.5. The van der Waals surface area contributed by atoms with Gasteiger partial charge in [0, 0.05) is 10.0 Å². The number of nitrogens with zero attached hydrogens (tertiary/aromatic N) is 2. The van der Waals surface area contributed by atoms with Gasteiger partial charge in [-0.25, -0.2) is 4.99 Å². The van der Waals surface area contributed by atoms with Gasteiger partial charge in [-0.3, -0.25) is 9.69 Å². The number of hydrogen-bond donors (Lipinski definition) is 0. The predicted octanol–water partition coefficient (Wildman–Crippen LogP) is 5.59. The quantitative estimate of drug-likeness (QED) is 0.512. The number of aryl methyl sites for hydroxylation is 1. The molecule has 132 valence electrons. The lowest BCUT2D eigenvalue weighted by Crippen LogP contribution is -2.32. The number of aliphatic imine (C=N–C) groups is 1. The summed E-state index contributed by atoms with van der Waals surface area (Å²) in [6.45, 7) is 2.03. The van der Waals surface area contributed by atoms with Crippen LogP contribution < -0.4 is 4.90 Å². The highest BCUT2D eigenvalue weighted by molar-refractivity contribution is 9.10. The smallest absolute Gasteiger partial charge is 0.266 e. The van der Waals surface area contributed by atoms with E-state index in [1.165, 1.54) is 0 Å². The summed E-state index contributed by atoms with van der Waals surface area (Å²) in [7, 11) is 0. The van der Waals surface area contributed by atoms with Crippen molar-refractivity contribution in [2.75, 3.05) is 4.90 Å². The molecule has 4 rings (SSSR count). The highest BCUT2D eigenvalue weighted by Gasteiger charge is 2.32. The van der Waals surface area contributed by atoms with Gasteiger partial charge in [-0.15, -0.1) is 0 Å². The Bertz CT molecular complexity index is 1040. The van der Waals surface area contributed by atoms with E-state index in [2.05, 4.69) is 20.9 Å². The molecule has 0 radical (unpaired) electrons. The summed E-state index contributed by atoms with van der Waals surface area (Å²) in [5, 5.41) is 0. The molecule has 0 saturated heterocycles. The minimum atomic E-state index is -0.124. The normalized spacial score (nSPS) is 15.3. The van der Waals surface area contributed by atoms with Crippen molar-refractivity contribution in [3.63, 3.8) is 0 Å². The van der Waals surface area contributed by atoms with Crippen molar-refractivity contribution in [3.05, 3.63) is 106 Å². The average Bonchev–Trinajstić information content (AvgIpc) is 3.01. The van der Waals surface area contributed by atoms with Gasteiger partial charge in [0.25, 0.3) is 5.91 Å². The molecule has 0 atom stereocenters. The number of rotatable bonds is 3. The van der Waals surface area contributed by atoms with Crippen LogP contribution in [0.4, 0.5) is 5.69 Å². The SMILES string of the molecule is Cc1ccc(N2C(=O)/C(=C\c3ccc(Br)cc3)N=C2c2ccccc2)cc1. The zero-order valence-corrected chi connectivity index (χ0v) is 16.3. The number of anilines is 1. The Labute approximate surface area is 166 Å². The van der Waals surface area contributed by atoms with E-state index < -0.39 is 0 Å². The van der Waals surface area contributed by atoms with E-state index in [0.29, 0.717) is 11.5 Å². The third-order valence-electron chi connectivity index (χ3n) is 4.36. The van der Waals surface area contributed by atoms with E-state index in [1.807, 2.05) is 91.9 Å². The first-order chi connectivity index (χ1) is 13.1. The highest BCUT2D eigenvalue weighted by atomic mass is 79.9. The summed E-state index contributed by atoms with van der Waals surface area (Å²) < 4.78 is 0.997. The molecule has 0 spiro atoms. The van der Waals surface area contributed by atoms with Crippen molar-refractivity contribution in [2.24, 2.45) is 4.99 Å². The molecule has 0 unspecified atom stereocenters. The van der Waals surface area contributed by atoms with Gasteiger partial charge in [0.05, 0.1) is 5.69 Å². The first kappa shape index (κ1) is 17.4. The van der Waals surface area contributed by atoms with Crippen molar-refractivity contribution >= 4 is 39.4 Å². The minimum absolute atomic E-state index is 0.124. The molecular formula is C23H17BrN2O. The number of amidine groups is 1. The fourth-order valence-electron chi connectivity index (χ4n) is 2.95. The zero-order valence-electron chi connectivity index (χ0n) is 14.8. The highest BCUT2D eigenvalue weighted by Crippen LogP contribution is 2.28. The van der Waals surface area contributed by atoms with Crippen LogP contribution in [-0.2, 0) is 4.79 Å². The van der Waals surface area contributed by atoms with Crippen LogP contribution in [0.3, 0.4) is 0 Å². The average molecular weight is 417 g/mol. The number of benzene rings is 3. The van der Waals surface area contributed by atoms with Gasteiger partial charge in [-0.05, 0) is 42.8 Å². The van der Waals surface area contributed by atoms with Crippen LogP contribution in [-0.4, -0.2) is 11.7 Å². The van der Waals surface area contributed by atoms with E-state index in [9.17, 15) is 4.79 Å². The monoisotopic (exact) mass is 416 g/mol. The molecule has 0 aliphatic carbocycles. The molecule has 0 bridgehead atoms. The largest absolute Gasteiger partial charge is 0.282 e. The lowest BCUT2D eigenvalue weighted by Gasteiger charge is -2.18. The molecule has 1 amide bonds. The van der Waals surface area contributed by atoms with E-state index >= 15 is 0 Å². The van der Waals surface area contributed by atoms with Gasteiger partial charge in [-0.2, -0.15) is 0 Å². The first-order valence-electron chi connectivity index (χ1n) is 8.64. The third kappa shape index (κ3) is 3.62. The van der Waals surface area contributed by atoms with Crippen LogP contribution in [0.25, 0.3) is 6.08 Å². The molecule has 0 aromatic heterocycles.